The molecule has 0 radical (unpaired) electrons. The number of rotatable bonds is 9. The molecule has 3 rings (SSSR count). The van der Waals surface area contributed by atoms with Crippen molar-refractivity contribution >= 4 is 28.8 Å². The Morgan fingerprint density at radius 3 is 2.33 bits per heavy atom. The van der Waals surface area contributed by atoms with Crippen LogP contribution in [0.2, 0.25) is 0 Å². The predicted octanol–water partition coefficient (Wildman–Crippen LogP) is 4.38. The first-order chi connectivity index (χ1) is 14.6. The largest absolute Gasteiger partial charge is 0.355 e. The molecule has 156 valence electrons. The first-order valence-corrected chi connectivity index (χ1v) is 11.0. The van der Waals surface area contributed by atoms with Crippen molar-refractivity contribution in [3.05, 3.63) is 87.6 Å². The Kier molecular flexibility index (Phi) is 7.76. The Balaban J connectivity index is 1.64. The second-order valence-corrected chi connectivity index (χ2v) is 8.00. The molecule has 1 heterocycles. The third-order valence-electron chi connectivity index (χ3n) is 4.80. The molecule has 0 saturated heterocycles. The van der Waals surface area contributed by atoms with E-state index in [0.29, 0.717) is 11.3 Å². The molecule has 5 nitrogen and oxygen atoms in total. The maximum Gasteiger partial charge on any atom is 0.251 e. The SMILES string of the molecule is CCCc1ccc([C@H](NCC(=O)Nc2ccc(C(=O)NC)cc2)c2cccs2)cc1. The highest BCUT2D eigenvalue weighted by Crippen LogP contribution is 2.26. The smallest absolute Gasteiger partial charge is 0.251 e. The third-order valence-corrected chi connectivity index (χ3v) is 5.74. The molecule has 3 N–H and O–H groups in total. The number of carbonyl (C=O) groups excluding carboxylic acids is 2. The standard InChI is InChI=1S/C24H27N3O2S/c1-3-5-17-7-9-18(10-8-17)23(21-6-4-15-30-21)26-16-22(28)27-20-13-11-19(12-14-20)24(29)25-2/h4,6-15,23,26H,3,5,16H2,1-2H3,(H,25,29)(H,27,28)/t23-/m0/s1. The van der Waals surface area contributed by atoms with Crippen LogP contribution in [0.3, 0.4) is 0 Å². The van der Waals surface area contributed by atoms with Gasteiger partial charge in [-0.2, -0.15) is 0 Å². The van der Waals surface area contributed by atoms with Gasteiger partial charge >= 0.3 is 0 Å². The molecular weight excluding hydrogens is 394 g/mol. The summed E-state index contributed by atoms with van der Waals surface area (Å²) in [5, 5.41) is 10.9. The molecule has 0 fully saturated rings. The van der Waals surface area contributed by atoms with Crippen molar-refractivity contribution in [1.29, 1.82) is 0 Å². The highest BCUT2D eigenvalue weighted by atomic mass is 32.1. The minimum atomic E-state index is -0.154. The summed E-state index contributed by atoms with van der Waals surface area (Å²) >= 11 is 1.67. The molecule has 6 heteroatoms. The van der Waals surface area contributed by atoms with Crippen molar-refractivity contribution in [2.45, 2.75) is 25.8 Å². The van der Waals surface area contributed by atoms with Crippen molar-refractivity contribution in [2.24, 2.45) is 0 Å². The Bertz CT molecular complexity index is 951. The van der Waals surface area contributed by atoms with Gasteiger partial charge in [0.15, 0.2) is 0 Å². The number of anilines is 1. The normalized spacial score (nSPS) is 11.7. The van der Waals surface area contributed by atoms with Crippen LogP contribution in [0.1, 0.15) is 45.7 Å². The summed E-state index contributed by atoms with van der Waals surface area (Å²) in [6.07, 6.45) is 2.19. The zero-order valence-electron chi connectivity index (χ0n) is 17.3. The maximum absolute atomic E-state index is 12.5. The van der Waals surface area contributed by atoms with Crippen molar-refractivity contribution in [3.63, 3.8) is 0 Å². The van der Waals surface area contributed by atoms with Gasteiger partial charge in [-0.1, -0.05) is 43.7 Å². The predicted molar refractivity (Wildman–Crippen MR) is 123 cm³/mol. The van der Waals surface area contributed by atoms with E-state index in [9.17, 15) is 9.59 Å². The van der Waals surface area contributed by atoms with Crippen LogP contribution in [-0.4, -0.2) is 25.4 Å². The summed E-state index contributed by atoms with van der Waals surface area (Å²) in [6.45, 7) is 2.35. The number of hydrogen-bond acceptors (Lipinski definition) is 4. The molecule has 30 heavy (non-hydrogen) atoms. The Labute approximate surface area is 181 Å². The summed E-state index contributed by atoms with van der Waals surface area (Å²) < 4.78 is 0. The maximum atomic E-state index is 12.5. The Hall–Kier alpha value is -2.96. The lowest BCUT2D eigenvalue weighted by molar-refractivity contribution is -0.115. The number of hydrogen-bond donors (Lipinski definition) is 3. The van der Waals surface area contributed by atoms with E-state index in [2.05, 4.69) is 53.2 Å². The lowest BCUT2D eigenvalue weighted by atomic mass is 10.0. The van der Waals surface area contributed by atoms with Gasteiger partial charge in [0.1, 0.15) is 0 Å². The second-order valence-electron chi connectivity index (χ2n) is 7.03. The zero-order chi connectivity index (χ0) is 21.3. The van der Waals surface area contributed by atoms with Gasteiger partial charge in [0, 0.05) is 23.2 Å². The van der Waals surface area contributed by atoms with Gasteiger partial charge in [-0.3, -0.25) is 14.9 Å². The number of amides is 2. The Morgan fingerprint density at radius 2 is 1.73 bits per heavy atom. The van der Waals surface area contributed by atoms with Crippen LogP contribution in [0.25, 0.3) is 0 Å². The third kappa shape index (κ3) is 5.78. The van der Waals surface area contributed by atoms with Crippen molar-refractivity contribution in [2.75, 3.05) is 18.9 Å². The molecular formula is C24H27N3O2S. The van der Waals surface area contributed by atoms with Gasteiger partial charge < -0.3 is 10.6 Å². The topological polar surface area (TPSA) is 70.2 Å². The van der Waals surface area contributed by atoms with Crippen LogP contribution in [0, 0.1) is 0 Å². The first-order valence-electron chi connectivity index (χ1n) is 10.1. The van der Waals surface area contributed by atoms with Crippen LogP contribution in [0.5, 0.6) is 0 Å². The van der Waals surface area contributed by atoms with Gasteiger partial charge in [-0.05, 0) is 53.3 Å². The summed E-state index contributed by atoms with van der Waals surface area (Å²) in [5.41, 5.74) is 3.67. The lowest BCUT2D eigenvalue weighted by Crippen LogP contribution is -2.31. The van der Waals surface area contributed by atoms with E-state index in [1.165, 1.54) is 10.4 Å². The van der Waals surface area contributed by atoms with E-state index in [-0.39, 0.29) is 24.4 Å². The van der Waals surface area contributed by atoms with Crippen LogP contribution in [-0.2, 0) is 11.2 Å². The van der Waals surface area contributed by atoms with E-state index < -0.39 is 0 Å². The molecule has 2 amide bonds. The van der Waals surface area contributed by atoms with Crippen LogP contribution < -0.4 is 16.0 Å². The van der Waals surface area contributed by atoms with Crippen LogP contribution in [0.15, 0.2) is 66.0 Å². The number of nitrogens with one attached hydrogen (secondary N) is 3. The molecule has 3 aromatic rings. The van der Waals surface area contributed by atoms with Crippen molar-refractivity contribution in [1.82, 2.24) is 10.6 Å². The molecule has 0 aliphatic carbocycles. The first kappa shape index (κ1) is 21.7. The molecule has 1 atom stereocenters. The number of carbonyl (C=O) groups is 2. The van der Waals surface area contributed by atoms with Crippen LogP contribution >= 0.6 is 11.3 Å². The monoisotopic (exact) mass is 421 g/mol. The highest BCUT2D eigenvalue weighted by molar-refractivity contribution is 7.10. The molecule has 0 aliphatic rings. The minimum Gasteiger partial charge on any atom is -0.355 e. The minimum absolute atomic E-state index is 0.0398. The van der Waals surface area contributed by atoms with Crippen LogP contribution in [0.4, 0.5) is 5.69 Å². The molecule has 0 unspecified atom stereocenters. The summed E-state index contributed by atoms with van der Waals surface area (Å²) in [5.74, 6) is -0.287. The number of thiophene rings is 1. The fourth-order valence-electron chi connectivity index (χ4n) is 3.25. The van der Waals surface area contributed by atoms with Gasteiger partial charge in [0.05, 0.1) is 12.6 Å². The summed E-state index contributed by atoms with van der Waals surface area (Å²) in [6, 6.07) is 19.5. The Morgan fingerprint density at radius 1 is 1.00 bits per heavy atom. The summed E-state index contributed by atoms with van der Waals surface area (Å²) in [7, 11) is 1.59. The fourth-order valence-corrected chi connectivity index (χ4v) is 4.08. The van der Waals surface area contributed by atoms with Gasteiger partial charge in [0.2, 0.25) is 5.91 Å². The molecule has 0 spiro atoms. The van der Waals surface area contributed by atoms with E-state index in [1.807, 2.05) is 11.4 Å². The van der Waals surface area contributed by atoms with Crippen molar-refractivity contribution in [3.8, 4) is 0 Å². The lowest BCUT2D eigenvalue weighted by Gasteiger charge is -2.18. The van der Waals surface area contributed by atoms with E-state index in [0.717, 1.165) is 18.4 Å². The molecule has 0 saturated carbocycles. The molecule has 0 bridgehead atoms. The quantitative estimate of drug-likeness (QED) is 0.480. The van der Waals surface area contributed by atoms with E-state index in [1.54, 1.807) is 42.6 Å². The average Bonchev–Trinajstić information content (AvgIpc) is 3.30. The van der Waals surface area contributed by atoms with Gasteiger partial charge in [-0.15, -0.1) is 11.3 Å². The van der Waals surface area contributed by atoms with E-state index >= 15 is 0 Å². The second kappa shape index (κ2) is 10.7. The van der Waals surface area contributed by atoms with Crippen molar-refractivity contribution < 1.29 is 9.59 Å². The van der Waals surface area contributed by atoms with Gasteiger partial charge in [0.25, 0.3) is 5.91 Å². The molecule has 2 aromatic carbocycles. The summed E-state index contributed by atoms with van der Waals surface area (Å²) in [4.78, 5) is 25.3. The van der Waals surface area contributed by atoms with Gasteiger partial charge in [-0.25, -0.2) is 0 Å². The number of benzene rings is 2. The zero-order valence-corrected chi connectivity index (χ0v) is 18.1. The van der Waals surface area contributed by atoms with E-state index in [4.69, 9.17) is 0 Å². The average molecular weight is 422 g/mol. The fraction of sp³-hybridized carbons (Fsp3) is 0.250. The molecule has 1 aromatic heterocycles. The number of aryl methyl sites for hydroxylation is 1. The highest BCUT2D eigenvalue weighted by Gasteiger charge is 2.16. The molecule has 0 aliphatic heterocycles.